The number of ketones is 1. The van der Waals surface area contributed by atoms with Gasteiger partial charge >= 0.3 is 0 Å². The molecule has 0 saturated heterocycles. The lowest BCUT2D eigenvalue weighted by Crippen LogP contribution is -2.02. The molecule has 0 heterocycles. The molecule has 0 amide bonds. The van der Waals surface area contributed by atoms with Crippen molar-refractivity contribution in [3.8, 4) is 0 Å². The normalized spacial score (nSPS) is 9.69. The fourth-order valence-corrected chi connectivity index (χ4v) is 1.05. The summed E-state index contributed by atoms with van der Waals surface area (Å²) in [5.41, 5.74) is 6.03. The van der Waals surface area contributed by atoms with E-state index in [1.54, 1.807) is 0 Å². The van der Waals surface area contributed by atoms with Crippen LogP contribution in [0.5, 0.6) is 0 Å². The van der Waals surface area contributed by atoms with Crippen LogP contribution < -0.4 is 5.73 Å². The van der Waals surface area contributed by atoms with E-state index in [4.69, 9.17) is 5.73 Å². The molecule has 2 N–H and O–H groups in total. The van der Waals surface area contributed by atoms with Crippen molar-refractivity contribution in [1.82, 2.24) is 0 Å². The van der Waals surface area contributed by atoms with Gasteiger partial charge in [-0.25, -0.2) is 4.39 Å². The number of rotatable bonds is 2. The van der Waals surface area contributed by atoms with E-state index in [1.165, 1.54) is 25.1 Å². The molecule has 1 aromatic carbocycles. The lowest BCUT2D eigenvalue weighted by Gasteiger charge is -2.04. The van der Waals surface area contributed by atoms with Crippen molar-refractivity contribution in [3.63, 3.8) is 0 Å². The van der Waals surface area contributed by atoms with Gasteiger partial charge in [0.25, 0.3) is 0 Å². The van der Waals surface area contributed by atoms with E-state index in [1.807, 2.05) is 0 Å². The Kier molecular flexibility index (Phi) is 2.46. The van der Waals surface area contributed by atoms with Gasteiger partial charge in [0.15, 0.2) is 5.78 Å². The first-order valence-corrected chi connectivity index (χ1v) is 3.78. The molecule has 0 atom stereocenters. The monoisotopic (exact) mass is 179 g/mol. The molecule has 68 valence electrons. The third-order valence-electron chi connectivity index (χ3n) is 1.77. The van der Waals surface area contributed by atoms with Crippen LogP contribution in [0.25, 0.3) is 6.08 Å². The second kappa shape index (κ2) is 3.39. The summed E-state index contributed by atoms with van der Waals surface area (Å²) in [6, 6.07) is 2.77. The summed E-state index contributed by atoms with van der Waals surface area (Å²) in [5, 5.41) is 0. The van der Waals surface area contributed by atoms with Crippen LogP contribution in [-0.4, -0.2) is 5.78 Å². The largest absolute Gasteiger partial charge is 0.396 e. The van der Waals surface area contributed by atoms with Gasteiger partial charge in [0, 0.05) is 5.56 Å². The van der Waals surface area contributed by atoms with Gasteiger partial charge in [-0.05, 0) is 24.6 Å². The molecule has 1 rings (SSSR count). The van der Waals surface area contributed by atoms with Crippen LogP contribution in [0.15, 0.2) is 18.7 Å². The van der Waals surface area contributed by atoms with E-state index in [9.17, 15) is 9.18 Å². The smallest absolute Gasteiger partial charge is 0.161 e. The van der Waals surface area contributed by atoms with E-state index in [2.05, 4.69) is 6.58 Å². The maximum absolute atomic E-state index is 13.1. The zero-order valence-electron chi connectivity index (χ0n) is 7.30. The third kappa shape index (κ3) is 1.75. The maximum Gasteiger partial charge on any atom is 0.161 e. The van der Waals surface area contributed by atoms with Crippen LogP contribution in [0.1, 0.15) is 22.8 Å². The fraction of sp³-hybridized carbons (Fsp3) is 0.100. The van der Waals surface area contributed by atoms with Gasteiger partial charge in [-0.3, -0.25) is 4.79 Å². The summed E-state index contributed by atoms with van der Waals surface area (Å²) in [5.74, 6) is -0.831. The third-order valence-corrected chi connectivity index (χ3v) is 1.77. The lowest BCUT2D eigenvalue weighted by molar-refractivity contribution is 0.101. The molecular formula is C10H10FNO. The minimum atomic E-state index is -0.581. The van der Waals surface area contributed by atoms with Crippen molar-refractivity contribution in [3.05, 3.63) is 35.7 Å². The Balaban J connectivity index is 3.41. The Bertz CT molecular complexity index is 371. The molecule has 0 radical (unpaired) electrons. The Morgan fingerprint density at radius 2 is 2.23 bits per heavy atom. The Labute approximate surface area is 75.9 Å². The molecule has 0 unspecified atom stereocenters. The highest BCUT2D eigenvalue weighted by atomic mass is 19.1. The average molecular weight is 179 g/mol. The molecule has 0 fully saturated rings. The van der Waals surface area contributed by atoms with Crippen molar-refractivity contribution in [2.24, 2.45) is 0 Å². The Hall–Kier alpha value is -1.64. The van der Waals surface area contributed by atoms with Gasteiger partial charge in [-0.2, -0.15) is 0 Å². The van der Waals surface area contributed by atoms with Crippen LogP contribution >= 0.6 is 0 Å². The van der Waals surface area contributed by atoms with Crippen LogP contribution in [-0.2, 0) is 0 Å². The predicted octanol–water partition coefficient (Wildman–Crippen LogP) is 2.25. The van der Waals surface area contributed by atoms with Gasteiger partial charge in [-0.1, -0.05) is 12.7 Å². The molecule has 0 aliphatic carbocycles. The molecule has 0 aliphatic rings. The predicted molar refractivity (Wildman–Crippen MR) is 50.9 cm³/mol. The minimum Gasteiger partial charge on any atom is -0.396 e. The van der Waals surface area contributed by atoms with Crippen molar-refractivity contribution < 1.29 is 9.18 Å². The highest BCUT2D eigenvalue weighted by Crippen LogP contribution is 2.19. The van der Waals surface area contributed by atoms with Crippen LogP contribution in [0.2, 0.25) is 0 Å². The van der Waals surface area contributed by atoms with Crippen LogP contribution in [0.4, 0.5) is 10.1 Å². The van der Waals surface area contributed by atoms with Gasteiger partial charge in [0.2, 0.25) is 0 Å². The molecule has 0 spiro atoms. The van der Waals surface area contributed by atoms with Crippen LogP contribution in [0, 0.1) is 5.82 Å². The second-order valence-corrected chi connectivity index (χ2v) is 2.72. The van der Waals surface area contributed by atoms with Gasteiger partial charge in [0.05, 0.1) is 5.69 Å². The van der Waals surface area contributed by atoms with E-state index < -0.39 is 5.82 Å². The zero-order chi connectivity index (χ0) is 10.0. The van der Waals surface area contributed by atoms with E-state index in [0.29, 0.717) is 5.56 Å². The number of halogens is 1. The molecule has 2 nitrogen and oxygen atoms in total. The van der Waals surface area contributed by atoms with Crippen LogP contribution in [0.3, 0.4) is 0 Å². The van der Waals surface area contributed by atoms with Crippen molar-refractivity contribution in [1.29, 1.82) is 0 Å². The second-order valence-electron chi connectivity index (χ2n) is 2.72. The van der Waals surface area contributed by atoms with Gasteiger partial charge in [-0.15, -0.1) is 0 Å². The number of hydrogen-bond acceptors (Lipinski definition) is 2. The highest BCUT2D eigenvalue weighted by molar-refractivity contribution is 5.99. The van der Waals surface area contributed by atoms with E-state index in [-0.39, 0.29) is 17.0 Å². The first-order chi connectivity index (χ1) is 6.06. The number of Topliss-reactive ketones (excluding diaryl/α,β-unsaturated/α-hetero) is 1. The molecule has 0 saturated carbocycles. The Morgan fingerprint density at radius 1 is 1.62 bits per heavy atom. The number of benzene rings is 1. The fourth-order valence-electron chi connectivity index (χ4n) is 1.05. The SMILES string of the molecule is C=Cc1cc(F)c(N)c(C(C)=O)c1. The van der Waals surface area contributed by atoms with Crippen molar-refractivity contribution >= 4 is 17.5 Å². The summed E-state index contributed by atoms with van der Waals surface area (Å²) in [4.78, 5) is 11.0. The number of nitrogen functional groups attached to an aromatic ring is 1. The maximum atomic E-state index is 13.1. The van der Waals surface area contributed by atoms with Crippen molar-refractivity contribution in [2.45, 2.75) is 6.92 Å². The lowest BCUT2D eigenvalue weighted by atomic mass is 10.1. The summed E-state index contributed by atoms with van der Waals surface area (Å²) in [7, 11) is 0. The van der Waals surface area contributed by atoms with E-state index in [0.717, 1.165) is 0 Å². The molecule has 0 aromatic heterocycles. The van der Waals surface area contributed by atoms with Gasteiger partial charge < -0.3 is 5.73 Å². The molecule has 0 bridgehead atoms. The number of nitrogens with two attached hydrogens (primary N) is 1. The molecule has 3 heteroatoms. The highest BCUT2D eigenvalue weighted by Gasteiger charge is 2.09. The number of hydrogen-bond donors (Lipinski definition) is 1. The average Bonchev–Trinajstić information content (AvgIpc) is 2.09. The summed E-state index contributed by atoms with van der Waals surface area (Å²) < 4.78 is 13.1. The number of anilines is 1. The first-order valence-electron chi connectivity index (χ1n) is 3.78. The molecule has 1 aromatic rings. The molecule has 0 aliphatic heterocycles. The minimum absolute atomic E-state index is 0.0990. The summed E-state index contributed by atoms with van der Waals surface area (Å²) in [6.45, 7) is 4.83. The topological polar surface area (TPSA) is 43.1 Å². The number of carbonyl (C=O) groups excluding carboxylic acids is 1. The van der Waals surface area contributed by atoms with E-state index >= 15 is 0 Å². The number of carbonyl (C=O) groups is 1. The quantitative estimate of drug-likeness (QED) is 0.559. The summed E-state index contributed by atoms with van der Waals surface area (Å²) >= 11 is 0. The molecule has 13 heavy (non-hydrogen) atoms. The summed E-state index contributed by atoms with van der Waals surface area (Å²) in [6.07, 6.45) is 1.47. The molecular weight excluding hydrogens is 169 g/mol. The zero-order valence-corrected chi connectivity index (χ0v) is 7.30. The standard InChI is InChI=1S/C10H10FNO/c1-3-7-4-8(6(2)13)10(12)9(11)5-7/h3-5H,1,12H2,2H3. The Morgan fingerprint density at radius 3 is 2.69 bits per heavy atom. The van der Waals surface area contributed by atoms with Crippen molar-refractivity contribution in [2.75, 3.05) is 5.73 Å². The van der Waals surface area contributed by atoms with Gasteiger partial charge in [0.1, 0.15) is 5.82 Å². The first kappa shape index (κ1) is 9.45.